The zero-order chi connectivity index (χ0) is 20.9. The highest BCUT2D eigenvalue weighted by Gasteiger charge is 2.28. The molecule has 7 nitrogen and oxygen atoms in total. The van der Waals surface area contributed by atoms with Crippen LogP contribution in [0.25, 0.3) is 0 Å². The second-order valence-corrected chi connectivity index (χ2v) is 7.32. The predicted molar refractivity (Wildman–Crippen MR) is 115 cm³/mol. The summed E-state index contributed by atoms with van der Waals surface area (Å²) in [5.41, 5.74) is 0.740. The molecule has 152 valence electrons. The number of nitrogens with zero attached hydrogens (tertiary/aromatic N) is 4. The number of hydrogen-bond acceptors (Lipinski definition) is 7. The molecule has 0 unspecified atom stereocenters. The molecule has 1 amide bonds. The number of aromatic nitrogens is 1. The maximum Gasteiger partial charge on any atom is 0.250 e. The Balaban J connectivity index is 2.19. The molecule has 0 aliphatic rings. The Morgan fingerprint density at radius 2 is 2.00 bits per heavy atom. The molecule has 0 saturated carbocycles. The molecule has 0 fully saturated rings. The number of benzene rings is 1. The molecule has 1 heterocycles. The summed E-state index contributed by atoms with van der Waals surface area (Å²) in [6.45, 7) is 4.02. The van der Waals surface area contributed by atoms with Crippen molar-refractivity contribution in [3.63, 3.8) is 0 Å². The quantitative estimate of drug-likeness (QED) is 0.521. The predicted octanol–water partition coefficient (Wildman–Crippen LogP) is 3.21. The van der Waals surface area contributed by atoms with E-state index in [-0.39, 0.29) is 12.5 Å². The van der Waals surface area contributed by atoms with Gasteiger partial charge in [0.1, 0.15) is 5.92 Å². The van der Waals surface area contributed by atoms with Crippen molar-refractivity contribution in [2.45, 2.75) is 32.2 Å². The first kappa shape index (κ1) is 22.5. The second-order valence-electron chi connectivity index (χ2n) is 6.44. The van der Waals surface area contributed by atoms with E-state index in [2.05, 4.69) is 22.5 Å². The highest BCUT2D eigenvalue weighted by atomic mass is 32.1. The van der Waals surface area contributed by atoms with Gasteiger partial charge in [-0.05, 0) is 38.1 Å². The molecule has 2 aromatic rings. The molecular formula is C21H26N6OS. The fourth-order valence-corrected chi connectivity index (χ4v) is 3.53. The van der Waals surface area contributed by atoms with Gasteiger partial charge in [-0.15, -0.1) is 11.3 Å². The van der Waals surface area contributed by atoms with Gasteiger partial charge in [-0.1, -0.05) is 31.5 Å². The topological polar surface area (TPSA) is 105 Å². The molecule has 1 aromatic heterocycles. The number of amides is 1. The van der Waals surface area contributed by atoms with Crippen LogP contribution in [0.3, 0.4) is 0 Å². The first-order valence-electron chi connectivity index (χ1n) is 9.73. The van der Waals surface area contributed by atoms with Crippen LogP contribution in [-0.4, -0.2) is 36.6 Å². The van der Waals surface area contributed by atoms with Crippen LogP contribution in [0.15, 0.2) is 41.9 Å². The van der Waals surface area contributed by atoms with E-state index in [0.717, 1.165) is 31.6 Å². The fourth-order valence-electron chi connectivity index (χ4n) is 2.86. The van der Waals surface area contributed by atoms with Crippen molar-refractivity contribution >= 4 is 28.1 Å². The van der Waals surface area contributed by atoms with E-state index >= 15 is 0 Å². The molecule has 29 heavy (non-hydrogen) atoms. The lowest BCUT2D eigenvalue weighted by Crippen LogP contribution is -2.46. The summed E-state index contributed by atoms with van der Waals surface area (Å²) < 4.78 is 0. The van der Waals surface area contributed by atoms with Gasteiger partial charge in [0.15, 0.2) is 5.13 Å². The summed E-state index contributed by atoms with van der Waals surface area (Å²) in [7, 11) is 0. The van der Waals surface area contributed by atoms with Gasteiger partial charge in [-0.25, -0.2) is 4.98 Å². The van der Waals surface area contributed by atoms with Crippen molar-refractivity contribution in [2.75, 3.05) is 24.5 Å². The minimum absolute atomic E-state index is 0.135. The van der Waals surface area contributed by atoms with Crippen LogP contribution in [0, 0.1) is 28.6 Å². The van der Waals surface area contributed by atoms with E-state index in [1.807, 2.05) is 47.9 Å². The Morgan fingerprint density at radius 1 is 1.24 bits per heavy atom. The molecule has 0 aliphatic carbocycles. The van der Waals surface area contributed by atoms with Crippen LogP contribution in [-0.2, 0) is 4.79 Å². The Labute approximate surface area is 176 Å². The summed E-state index contributed by atoms with van der Waals surface area (Å²) in [5, 5.41) is 27.0. The summed E-state index contributed by atoms with van der Waals surface area (Å²) in [5.74, 6) is -0.929. The Hall–Kier alpha value is -2.78. The van der Waals surface area contributed by atoms with E-state index in [9.17, 15) is 4.79 Å². The minimum Gasteiger partial charge on any atom is -0.317 e. The standard InChI is InChI=1S/C21H26N6OS/c1-2-24-11-7-6-10-19(26-16-17(14-22)15-23)20(28)27(21-25-12-13-29-21)18-8-4-3-5-9-18/h3-5,8-9,12-13,17,19,24,26H,2,6-7,10-11,16H2,1H3/t19-/m0/s1. The average Bonchev–Trinajstić information content (AvgIpc) is 3.28. The number of carbonyl (C=O) groups is 1. The molecular weight excluding hydrogens is 384 g/mol. The van der Waals surface area contributed by atoms with Gasteiger partial charge in [-0.3, -0.25) is 9.69 Å². The van der Waals surface area contributed by atoms with Gasteiger partial charge in [0.05, 0.1) is 23.9 Å². The first-order valence-corrected chi connectivity index (χ1v) is 10.6. The highest BCUT2D eigenvalue weighted by Crippen LogP contribution is 2.28. The van der Waals surface area contributed by atoms with Crippen LogP contribution >= 0.6 is 11.3 Å². The lowest BCUT2D eigenvalue weighted by atomic mass is 10.1. The number of thiazole rings is 1. The smallest absolute Gasteiger partial charge is 0.250 e. The van der Waals surface area contributed by atoms with Gasteiger partial charge in [0.2, 0.25) is 5.91 Å². The normalized spacial score (nSPS) is 11.6. The largest absolute Gasteiger partial charge is 0.317 e. The number of nitriles is 2. The molecule has 1 aromatic carbocycles. The van der Waals surface area contributed by atoms with Gasteiger partial charge in [-0.2, -0.15) is 10.5 Å². The fraction of sp³-hybridized carbons (Fsp3) is 0.429. The highest BCUT2D eigenvalue weighted by molar-refractivity contribution is 7.13. The van der Waals surface area contributed by atoms with E-state index < -0.39 is 12.0 Å². The van der Waals surface area contributed by atoms with Gasteiger partial charge in [0.25, 0.3) is 0 Å². The van der Waals surface area contributed by atoms with Crippen molar-refractivity contribution in [3.05, 3.63) is 41.9 Å². The maximum atomic E-state index is 13.5. The number of carbonyl (C=O) groups excluding carboxylic acids is 1. The Morgan fingerprint density at radius 3 is 2.62 bits per heavy atom. The summed E-state index contributed by atoms with van der Waals surface area (Å²) in [6.07, 6.45) is 4.08. The third kappa shape index (κ3) is 6.95. The molecule has 0 spiro atoms. The van der Waals surface area contributed by atoms with Crippen LogP contribution in [0.2, 0.25) is 0 Å². The molecule has 0 saturated heterocycles. The third-order valence-electron chi connectivity index (χ3n) is 4.37. The van der Waals surface area contributed by atoms with E-state index in [1.165, 1.54) is 11.3 Å². The molecule has 0 aliphatic heterocycles. The third-order valence-corrected chi connectivity index (χ3v) is 5.13. The van der Waals surface area contributed by atoms with Crippen LogP contribution in [0.5, 0.6) is 0 Å². The molecule has 1 atom stereocenters. The molecule has 2 rings (SSSR count). The van der Waals surface area contributed by atoms with E-state index in [4.69, 9.17) is 10.5 Å². The first-order chi connectivity index (χ1) is 14.2. The Bertz CT molecular complexity index is 798. The van der Waals surface area contributed by atoms with Gasteiger partial charge in [0, 0.05) is 18.1 Å². The number of unbranched alkanes of at least 4 members (excludes halogenated alkanes) is 1. The monoisotopic (exact) mass is 410 g/mol. The van der Waals surface area contributed by atoms with Crippen molar-refractivity contribution in [1.82, 2.24) is 15.6 Å². The average molecular weight is 411 g/mol. The van der Waals surface area contributed by atoms with E-state index in [1.54, 1.807) is 11.1 Å². The zero-order valence-electron chi connectivity index (χ0n) is 16.5. The number of nitrogens with one attached hydrogen (secondary N) is 2. The van der Waals surface area contributed by atoms with Crippen LogP contribution in [0.4, 0.5) is 10.8 Å². The minimum atomic E-state index is -0.794. The van der Waals surface area contributed by atoms with E-state index in [0.29, 0.717) is 11.6 Å². The van der Waals surface area contributed by atoms with Gasteiger partial charge < -0.3 is 10.6 Å². The molecule has 8 heteroatoms. The van der Waals surface area contributed by atoms with Crippen LogP contribution < -0.4 is 15.5 Å². The second kappa shape index (κ2) is 12.6. The SMILES string of the molecule is CCNCCCC[C@H](NCC(C#N)C#N)C(=O)N(c1ccccc1)c1nccs1. The molecule has 2 N–H and O–H groups in total. The van der Waals surface area contributed by atoms with Crippen molar-refractivity contribution in [1.29, 1.82) is 10.5 Å². The van der Waals surface area contributed by atoms with Crippen molar-refractivity contribution in [3.8, 4) is 12.1 Å². The van der Waals surface area contributed by atoms with Crippen molar-refractivity contribution in [2.24, 2.45) is 5.92 Å². The van der Waals surface area contributed by atoms with Crippen LogP contribution in [0.1, 0.15) is 26.2 Å². The molecule has 0 radical (unpaired) electrons. The van der Waals surface area contributed by atoms with Gasteiger partial charge >= 0.3 is 0 Å². The summed E-state index contributed by atoms with van der Waals surface area (Å²) >= 11 is 1.39. The lowest BCUT2D eigenvalue weighted by Gasteiger charge is -2.26. The number of para-hydroxylation sites is 1. The lowest BCUT2D eigenvalue weighted by molar-refractivity contribution is -0.120. The zero-order valence-corrected chi connectivity index (χ0v) is 17.4. The number of rotatable bonds is 12. The summed E-state index contributed by atoms with van der Waals surface area (Å²) in [4.78, 5) is 19.4. The number of anilines is 2. The Kier molecular flexibility index (Phi) is 9.81. The summed E-state index contributed by atoms with van der Waals surface area (Å²) in [6, 6.07) is 12.8. The van der Waals surface area contributed by atoms with Crippen molar-refractivity contribution < 1.29 is 4.79 Å². The maximum absolute atomic E-state index is 13.5. The molecule has 0 bridgehead atoms. The number of hydrogen-bond donors (Lipinski definition) is 2.